The maximum Gasteiger partial charge on any atom is 0.310 e. The van der Waals surface area contributed by atoms with Crippen molar-refractivity contribution in [2.75, 3.05) is 18.1 Å². The molecular formula is C19H19NO4. The van der Waals surface area contributed by atoms with Gasteiger partial charge in [-0.3, -0.25) is 14.4 Å². The van der Waals surface area contributed by atoms with Crippen molar-refractivity contribution < 1.29 is 19.1 Å². The fourth-order valence-electron chi connectivity index (χ4n) is 2.22. The number of anilines is 1. The first-order chi connectivity index (χ1) is 11.6. The molecule has 1 amide bonds. The molecule has 0 heterocycles. The maximum absolute atomic E-state index is 12.2. The molecule has 24 heavy (non-hydrogen) atoms. The summed E-state index contributed by atoms with van der Waals surface area (Å²) in [6.07, 6.45) is 0.0679. The van der Waals surface area contributed by atoms with Gasteiger partial charge in [-0.2, -0.15) is 0 Å². The first-order valence-corrected chi connectivity index (χ1v) is 7.71. The summed E-state index contributed by atoms with van der Waals surface area (Å²) in [6.45, 7) is 1.58. The lowest BCUT2D eigenvalue weighted by Crippen LogP contribution is -2.38. The van der Waals surface area contributed by atoms with E-state index in [2.05, 4.69) is 0 Å². The largest absolute Gasteiger partial charge is 0.457 e. The van der Waals surface area contributed by atoms with Crippen LogP contribution in [-0.4, -0.2) is 30.8 Å². The summed E-state index contributed by atoms with van der Waals surface area (Å²) < 4.78 is 4.92. The van der Waals surface area contributed by atoms with Crippen LogP contribution in [0.5, 0.6) is 0 Å². The number of hydrogen-bond donors (Lipinski definition) is 0. The van der Waals surface area contributed by atoms with Crippen molar-refractivity contribution in [3.8, 4) is 0 Å². The number of rotatable bonds is 7. The van der Waals surface area contributed by atoms with Crippen molar-refractivity contribution in [1.29, 1.82) is 0 Å². The van der Waals surface area contributed by atoms with Crippen LogP contribution in [0.3, 0.4) is 0 Å². The van der Waals surface area contributed by atoms with Gasteiger partial charge in [0.2, 0.25) is 0 Å². The molecule has 0 radical (unpaired) electrons. The number of carbonyl (C=O) groups is 3. The number of nitrogens with zero attached hydrogens (tertiary/aromatic N) is 1. The summed E-state index contributed by atoms with van der Waals surface area (Å²) in [4.78, 5) is 37.3. The van der Waals surface area contributed by atoms with Crippen LogP contribution in [0.25, 0.3) is 0 Å². The molecular weight excluding hydrogens is 306 g/mol. The fourth-order valence-corrected chi connectivity index (χ4v) is 2.22. The van der Waals surface area contributed by atoms with Gasteiger partial charge < -0.3 is 9.64 Å². The van der Waals surface area contributed by atoms with E-state index in [0.717, 1.165) is 5.56 Å². The highest BCUT2D eigenvalue weighted by Crippen LogP contribution is 2.13. The van der Waals surface area contributed by atoms with Gasteiger partial charge in [-0.25, -0.2) is 0 Å². The number of benzene rings is 2. The first kappa shape index (κ1) is 17.4. The molecule has 0 N–H and O–H groups in total. The number of ether oxygens (including phenoxy) is 1. The zero-order valence-corrected chi connectivity index (χ0v) is 13.5. The number of para-hydroxylation sites is 1. The van der Waals surface area contributed by atoms with E-state index >= 15 is 0 Å². The van der Waals surface area contributed by atoms with Crippen molar-refractivity contribution in [3.05, 3.63) is 66.2 Å². The smallest absolute Gasteiger partial charge is 0.310 e. The molecule has 0 aliphatic rings. The topological polar surface area (TPSA) is 63.7 Å². The predicted octanol–water partition coefficient (Wildman–Crippen LogP) is 2.39. The van der Waals surface area contributed by atoms with Crippen LogP contribution in [-0.2, 0) is 25.5 Å². The predicted molar refractivity (Wildman–Crippen MR) is 90.6 cm³/mol. The van der Waals surface area contributed by atoms with E-state index in [-0.39, 0.29) is 6.42 Å². The van der Waals surface area contributed by atoms with Crippen LogP contribution < -0.4 is 4.90 Å². The maximum atomic E-state index is 12.2. The molecule has 0 unspecified atom stereocenters. The van der Waals surface area contributed by atoms with Crippen LogP contribution in [0.2, 0.25) is 0 Å². The van der Waals surface area contributed by atoms with Crippen LogP contribution in [0.1, 0.15) is 12.5 Å². The van der Waals surface area contributed by atoms with Gasteiger partial charge in [0.1, 0.15) is 0 Å². The van der Waals surface area contributed by atoms with Gasteiger partial charge in [0.05, 0.1) is 6.42 Å². The Hall–Kier alpha value is -2.95. The van der Waals surface area contributed by atoms with Gasteiger partial charge in [0, 0.05) is 12.2 Å². The van der Waals surface area contributed by atoms with Gasteiger partial charge in [-0.05, 0) is 24.6 Å². The van der Waals surface area contributed by atoms with Crippen LogP contribution in [0.4, 0.5) is 5.69 Å². The monoisotopic (exact) mass is 325 g/mol. The molecule has 0 atom stereocenters. The Morgan fingerprint density at radius 1 is 0.917 bits per heavy atom. The van der Waals surface area contributed by atoms with Gasteiger partial charge in [0.25, 0.3) is 11.7 Å². The lowest BCUT2D eigenvalue weighted by Gasteiger charge is -2.19. The molecule has 0 aromatic heterocycles. The Bertz CT molecular complexity index is 698. The molecule has 0 saturated carbocycles. The van der Waals surface area contributed by atoms with E-state index < -0.39 is 24.3 Å². The SMILES string of the molecule is CCN(C(=O)C(=O)COC(=O)Cc1ccccc1)c1ccccc1. The highest BCUT2D eigenvalue weighted by molar-refractivity contribution is 6.41. The van der Waals surface area contributed by atoms with Crippen molar-refractivity contribution in [1.82, 2.24) is 0 Å². The Balaban J connectivity index is 1.89. The van der Waals surface area contributed by atoms with Gasteiger partial charge in [-0.1, -0.05) is 48.5 Å². The average Bonchev–Trinajstić information content (AvgIpc) is 2.62. The van der Waals surface area contributed by atoms with E-state index in [1.165, 1.54) is 4.90 Å². The molecule has 2 aromatic carbocycles. The van der Waals surface area contributed by atoms with Crippen LogP contribution in [0.15, 0.2) is 60.7 Å². The second kappa shape index (κ2) is 8.62. The molecule has 5 heteroatoms. The molecule has 124 valence electrons. The van der Waals surface area contributed by atoms with E-state index in [1.54, 1.807) is 43.3 Å². The number of carbonyl (C=O) groups excluding carboxylic acids is 3. The van der Waals surface area contributed by atoms with Gasteiger partial charge in [0.15, 0.2) is 6.61 Å². The lowest BCUT2D eigenvalue weighted by molar-refractivity contribution is -0.149. The molecule has 0 saturated heterocycles. The summed E-state index contributed by atoms with van der Waals surface area (Å²) in [7, 11) is 0. The Kier molecular flexibility index (Phi) is 6.25. The summed E-state index contributed by atoms with van der Waals surface area (Å²) in [5.74, 6) is -1.97. The summed E-state index contributed by atoms with van der Waals surface area (Å²) in [5.41, 5.74) is 1.43. The Labute approximate surface area is 140 Å². The second-order valence-corrected chi connectivity index (χ2v) is 5.13. The Morgan fingerprint density at radius 2 is 1.50 bits per heavy atom. The molecule has 5 nitrogen and oxygen atoms in total. The molecule has 0 aliphatic carbocycles. The molecule has 0 fully saturated rings. The number of Topliss-reactive ketones (excluding diaryl/α,β-unsaturated/α-hetero) is 1. The van der Waals surface area contributed by atoms with E-state index in [4.69, 9.17) is 4.74 Å². The number of hydrogen-bond acceptors (Lipinski definition) is 4. The van der Waals surface area contributed by atoms with Crippen molar-refractivity contribution in [2.45, 2.75) is 13.3 Å². The van der Waals surface area contributed by atoms with Crippen molar-refractivity contribution in [3.63, 3.8) is 0 Å². The molecule has 2 rings (SSSR count). The van der Waals surface area contributed by atoms with E-state index in [9.17, 15) is 14.4 Å². The van der Waals surface area contributed by atoms with Crippen LogP contribution in [0, 0.1) is 0 Å². The fraction of sp³-hybridized carbons (Fsp3) is 0.211. The third kappa shape index (κ3) is 4.78. The first-order valence-electron chi connectivity index (χ1n) is 7.71. The second-order valence-electron chi connectivity index (χ2n) is 5.13. The minimum atomic E-state index is -0.748. The zero-order valence-electron chi connectivity index (χ0n) is 13.5. The van der Waals surface area contributed by atoms with Gasteiger partial charge >= 0.3 is 5.97 Å². The molecule has 0 spiro atoms. The highest BCUT2D eigenvalue weighted by atomic mass is 16.5. The third-order valence-electron chi connectivity index (χ3n) is 3.42. The molecule has 2 aromatic rings. The normalized spacial score (nSPS) is 10.0. The van der Waals surface area contributed by atoms with Crippen molar-refractivity contribution >= 4 is 23.3 Å². The lowest BCUT2D eigenvalue weighted by atomic mass is 10.2. The average molecular weight is 325 g/mol. The Morgan fingerprint density at radius 3 is 2.08 bits per heavy atom. The van der Waals surface area contributed by atoms with Gasteiger partial charge in [-0.15, -0.1) is 0 Å². The zero-order chi connectivity index (χ0) is 17.4. The van der Waals surface area contributed by atoms with E-state index in [0.29, 0.717) is 12.2 Å². The number of likely N-dealkylation sites (N-methyl/N-ethyl adjacent to an activating group) is 1. The molecule has 0 aliphatic heterocycles. The highest BCUT2D eigenvalue weighted by Gasteiger charge is 2.23. The quantitative estimate of drug-likeness (QED) is 0.579. The summed E-state index contributed by atoms with van der Waals surface area (Å²) in [5, 5.41) is 0. The number of esters is 1. The number of amides is 1. The third-order valence-corrected chi connectivity index (χ3v) is 3.42. The minimum absolute atomic E-state index is 0.0679. The molecule has 0 bridgehead atoms. The van der Waals surface area contributed by atoms with E-state index in [1.807, 2.05) is 24.3 Å². The number of ketones is 1. The van der Waals surface area contributed by atoms with Crippen molar-refractivity contribution in [2.24, 2.45) is 0 Å². The minimum Gasteiger partial charge on any atom is -0.457 e. The standard InChI is InChI=1S/C19H19NO4/c1-2-20(16-11-7-4-8-12-16)19(23)17(21)14-24-18(22)13-15-9-5-3-6-10-15/h3-12H,2,13-14H2,1H3. The summed E-state index contributed by atoms with van der Waals surface area (Å²) >= 11 is 0. The van der Waals surface area contributed by atoms with Crippen LogP contribution >= 0.6 is 0 Å². The summed E-state index contributed by atoms with van der Waals surface area (Å²) in [6, 6.07) is 18.0.